The van der Waals surface area contributed by atoms with E-state index in [9.17, 15) is 19.2 Å². The molecule has 2 aromatic rings. The van der Waals surface area contributed by atoms with Crippen molar-refractivity contribution in [1.29, 1.82) is 5.26 Å². The summed E-state index contributed by atoms with van der Waals surface area (Å²) in [6.07, 6.45) is 2.25. The van der Waals surface area contributed by atoms with Crippen molar-refractivity contribution in [1.82, 2.24) is 0 Å². The molecule has 0 bridgehead atoms. The van der Waals surface area contributed by atoms with Crippen LogP contribution in [0, 0.1) is 24.1 Å². The van der Waals surface area contributed by atoms with E-state index < -0.39 is 11.8 Å². The van der Waals surface area contributed by atoms with Gasteiger partial charge >= 0.3 is 5.97 Å². The Morgan fingerprint density at radius 3 is 2.62 bits per heavy atom. The number of allylic oxidation sites excluding steroid dienone is 3. The van der Waals surface area contributed by atoms with Gasteiger partial charge in [0, 0.05) is 30.1 Å². The van der Waals surface area contributed by atoms with Gasteiger partial charge in [0.2, 0.25) is 0 Å². The molecule has 2 aromatic carbocycles. The maximum atomic E-state index is 13.4. The van der Waals surface area contributed by atoms with Crippen molar-refractivity contribution >= 4 is 33.9 Å². The Bertz CT molecular complexity index is 1140. The number of aryl methyl sites for hydroxylation is 1. The van der Waals surface area contributed by atoms with Crippen LogP contribution in [0.4, 0.5) is 10.1 Å². The minimum atomic E-state index is -0.517. The number of nitrogens with zero attached hydrogens (tertiary/aromatic N) is 2. The van der Waals surface area contributed by atoms with Crippen LogP contribution in [0.5, 0.6) is 0 Å². The largest absolute Gasteiger partial charge is 0.487 e. The second-order valence-electron chi connectivity index (χ2n) is 6.87. The number of anilines is 1. The zero-order chi connectivity index (χ0) is 23.8. The molecule has 0 N–H and O–H groups in total. The summed E-state index contributed by atoms with van der Waals surface area (Å²) in [4.78, 5) is 25.1. The molecule has 0 aliphatic heterocycles. The smallest absolute Gasteiger partial charge is 0.337 e. The molecule has 0 saturated heterocycles. The predicted octanol–water partition coefficient (Wildman–Crippen LogP) is 5.15. The third-order valence-corrected chi connectivity index (χ3v) is 5.35. The monoisotopic (exact) mass is 500 g/mol. The van der Waals surface area contributed by atoms with E-state index in [1.165, 1.54) is 19.2 Å². The maximum absolute atomic E-state index is 13.4. The van der Waals surface area contributed by atoms with Crippen molar-refractivity contribution in [3.8, 4) is 6.07 Å². The van der Waals surface area contributed by atoms with E-state index in [1.807, 2.05) is 37.9 Å². The summed E-state index contributed by atoms with van der Waals surface area (Å²) in [5.41, 5.74) is 3.46. The molecular formula is C24H22BrFN2O4. The van der Waals surface area contributed by atoms with Gasteiger partial charge in [-0.15, -0.1) is 0 Å². The van der Waals surface area contributed by atoms with Crippen LogP contribution in [-0.4, -0.2) is 26.4 Å². The number of halogens is 2. The van der Waals surface area contributed by atoms with Gasteiger partial charge < -0.3 is 14.4 Å². The lowest BCUT2D eigenvalue weighted by Crippen LogP contribution is -2.17. The SMILES string of the molecule is COC(=O)c1ccc(C)c(N(C)/C(C)=C\C(OCc2ccc(F)cc2C#N)=C(\Br)C=O)c1. The number of rotatable bonds is 8. The lowest BCUT2D eigenvalue weighted by Gasteiger charge is -2.23. The summed E-state index contributed by atoms with van der Waals surface area (Å²) in [7, 11) is 3.14. The number of carbonyl (C=O) groups is 2. The summed E-state index contributed by atoms with van der Waals surface area (Å²) in [5, 5.41) is 9.21. The van der Waals surface area contributed by atoms with Gasteiger partial charge in [-0.25, -0.2) is 9.18 Å². The molecule has 0 unspecified atom stereocenters. The van der Waals surface area contributed by atoms with Gasteiger partial charge in [0.1, 0.15) is 18.2 Å². The average Bonchev–Trinajstić information content (AvgIpc) is 2.80. The number of esters is 1. The Morgan fingerprint density at radius 1 is 1.28 bits per heavy atom. The molecule has 0 saturated carbocycles. The van der Waals surface area contributed by atoms with Gasteiger partial charge in [0.25, 0.3) is 0 Å². The Labute approximate surface area is 194 Å². The van der Waals surface area contributed by atoms with Crippen molar-refractivity contribution in [3.63, 3.8) is 0 Å². The Hall–Kier alpha value is -3.44. The van der Waals surface area contributed by atoms with E-state index in [4.69, 9.17) is 9.47 Å². The number of hydrogen-bond donors (Lipinski definition) is 0. The minimum Gasteiger partial charge on any atom is -0.487 e. The third kappa shape index (κ3) is 6.05. The van der Waals surface area contributed by atoms with Crippen LogP contribution in [0.25, 0.3) is 0 Å². The standard InChI is InChI=1S/C24H22BrFN2O4/c1-15-5-6-17(24(30)31-4)11-22(15)28(3)16(2)9-23(21(25)13-29)32-14-18-7-8-20(26)10-19(18)12-27/h5-11,13H,14H2,1-4H3/b16-9-,23-21-. The lowest BCUT2D eigenvalue weighted by atomic mass is 10.1. The summed E-state index contributed by atoms with van der Waals surface area (Å²) >= 11 is 3.19. The second kappa shape index (κ2) is 11.3. The molecule has 32 heavy (non-hydrogen) atoms. The van der Waals surface area contributed by atoms with Gasteiger partial charge in [-0.3, -0.25) is 4.79 Å². The number of aldehydes is 1. The molecule has 8 heteroatoms. The van der Waals surface area contributed by atoms with Gasteiger partial charge in [-0.2, -0.15) is 5.26 Å². The molecule has 0 aliphatic rings. The molecule has 0 amide bonds. The van der Waals surface area contributed by atoms with E-state index in [1.54, 1.807) is 18.2 Å². The highest BCUT2D eigenvalue weighted by Gasteiger charge is 2.14. The molecular weight excluding hydrogens is 479 g/mol. The van der Waals surface area contributed by atoms with Crippen molar-refractivity contribution in [2.45, 2.75) is 20.5 Å². The molecule has 0 aromatic heterocycles. The van der Waals surface area contributed by atoms with Crippen LogP contribution in [0.2, 0.25) is 0 Å². The molecule has 0 aliphatic carbocycles. The zero-order valence-electron chi connectivity index (χ0n) is 18.1. The quantitative estimate of drug-likeness (QED) is 0.164. The highest BCUT2D eigenvalue weighted by Crippen LogP contribution is 2.26. The van der Waals surface area contributed by atoms with Gasteiger partial charge in [-0.1, -0.05) is 12.1 Å². The first-order chi connectivity index (χ1) is 15.2. The molecule has 0 atom stereocenters. The summed E-state index contributed by atoms with van der Waals surface area (Å²) < 4.78 is 24.1. The van der Waals surface area contributed by atoms with Crippen LogP contribution < -0.4 is 4.90 Å². The number of carbonyl (C=O) groups excluding carboxylic acids is 2. The van der Waals surface area contributed by atoms with Crippen LogP contribution in [0.15, 0.2) is 58.4 Å². The summed E-state index contributed by atoms with van der Waals surface area (Å²) in [5.74, 6) is -0.724. The van der Waals surface area contributed by atoms with E-state index in [0.29, 0.717) is 23.1 Å². The first-order valence-corrected chi connectivity index (χ1v) is 10.3. The lowest BCUT2D eigenvalue weighted by molar-refractivity contribution is -0.104. The van der Waals surface area contributed by atoms with Crippen molar-refractivity contribution in [3.05, 3.63) is 86.5 Å². The van der Waals surface area contributed by atoms with E-state index >= 15 is 0 Å². The number of ether oxygens (including phenoxy) is 2. The van der Waals surface area contributed by atoms with Crippen LogP contribution in [-0.2, 0) is 20.9 Å². The normalized spacial score (nSPS) is 11.8. The van der Waals surface area contributed by atoms with Crippen molar-refractivity contribution in [2.24, 2.45) is 0 Å². The predicted molar refractivity (Wildman–Crippen MR) is 123 cm³/mol. The minimum absolute atomic E-state index is 0.0359. The number of methoxy groups -OCH3 is 1. The van der Waals surface area contributed by atoms with Crippen molar-refractivity contribution < 1.29 is 23.5 Å². The second-order valence-corrected chi connectivity index (χ2v) is 7.72. The Balaban J connectivity index is 2.34. The fourth-order valence-electron chi connectivity index (χ4n) is 2.86. The van der Waals surface area contributed by atoms with Crippen LogP contribution >= 0.6 is 15.9 Å². The van der Waals surface area contributed by atoms with E-state index in [0.717, 1.165) is 17.3 Å². The van der Waals surface area contributed by atoms with E-state index in [2.05, 4.69) is 15.9 Å². The molecule has 2 rings (SSSR count). The maximum Gasteiger partial charge on any atom is 0.337 e. The zero-order valence-corrected chi connectivity index (χ0v) is 19.7. The first kappa shape index (κ1) is 24.8. The third-order valence-electron chi connectivity index (χ3n) is 4.78. The summed E-state index contributed by atoms with van der Waals surface area (Å²) in [6.45, 7) is 3.69. The van der Waals surface area contributed by atoms with Crippen molar-refractivity contribution in [2.75, 3.05) is 19.1 Å². The van der Waals surface area contributed by atoms with Crippen LogP contribution in [0.1, 0.15) is 34.0 Å². The number of nitriles is 1. The topological polar surface area (TPSA) is 79.6 Å². The van der Waals surface area contributed by atoms with Crippen LogP contribution in [0.3, 0.4) is 0 Å². The average molecular weight is 501 g/mol. The molecule has 0 heterocycles. The highest BCUT2D eigenvalue weighted by molar-refractivity contribution is 9.12. The molecule has 6 nitrogen and oxygen atoms in total. The summed E-state index contributed by atoms with van der Waals surface area (Å²) in [6, 6.07) is 11.0. The van der Waals surface area contributed by atoms with Gasteiger partial charge in [-0.05, 0) is 59.6 Å². The Morgan fingerprint density at radius 2 is 2.00 bits per heavy atom. The molecule has 0 radical (unpaired) electrons. The van der Waals surface area contributed by atoms with E-state index in [-0.39, 0.29) is 22.4 Å². The fraction of sp³-hybridized carbons (Fsp3) is 0.208. The molecule has 0 fully saturated rings. The highest BCUT2D eigenvalue weighted by atomic mass is 79.9. The Kier molecular flexibility index (Phi) is 8.73. The van der Waals surface area contributed by atoms with Gasteiger partial charge in [0.15, 0.2) is 6.29 Å². The number of hydrogen-bond acceptors (Lipinski definition) is 6. The first-order valence-electron chi connectivity index (χ1n) is 9.49. The molecule has 166 valence electrons. The number of benzene rings is 2. The van der Waals surface area contributed by atoms with Gasteiger partial charge in [0.05, 0.1) is 28.8 Å². The fourth-order valence-corrected chi connectivity index (χ4v) is 3.09. The molecule has 0 spiro atoms.